The van der Waals surface area contributed by atoms with E-state index in [1.54, 1.807) is 0 Å². The molecular formula is C21H35NO3. The second-order valence-electron chi connectivity index (χ2n) is 7.07. The molecule has 4 heteroatoms. The van der Waals surface area contributed by atoms with Gasteiger partial charge in [-0.15, -0.1) is 0 Å². The Morgan fingerprint density at radius 3 is 2.40 bits per heavy atom. The average Bonchev–Trinajstić information content (AvgIpc) is 2.65. The lowest BCUT2D eigenvalue weighted by atomic mass is 9.86. The van der Waals surface area contributed by atoms with Gasteiger partial charge in [-0.2, -0.15) is 0 Å². The monoisotopic (exact) mass is 349 g/mol. The first-order valence-corrected chi connectivity index (χ1v) is 9.94. The van der Waals surface area contributed by atoms with Crippen molar-refractivity contribution in [3.63, 3.8) is 0 Å². The Bertz CT molecular complexity index is 471. The molecule has 0 bridgehead atoms. The van der Waals surface area contributed by atoms with Crippen LogP contribution in [0.15, 0.2) is 24.3 Å². The number of morpholine rings is 1. The topological polar surface area (TPSA) is 41.9 Å². The third-order valence-electron chi connectivity index (χ3n) is 5.02. The quantitative estimate of drug-likeness (QED) is 0.614. The van der Waals surface area contributed by atoms with Crippen LogP contribution in [0, 0.1) is 0 Å². The molecule has 1 atom stereocenters. The van der Waals surface area contributed by atoms with E-state index in [1.165, 1.54) is 12.8 Å². The molecule has 1 heterocycles. The maximum atomic E-state index is 11.3. The van der Waals surface area contributed by atoms with Crippen LogP contribution in [0.25, 0.3) is 0 Å². The zero-order valence-corrected chi connectivity index (χ0v) is 16.0. The number of ether oxygens (including phenoxy) is 2. The maximum Gasteiger partial charge on any atom is 0.119 e. The summed E-state index contributed by atoms with van der Waals surface area (Å²) < 4.78 is 11.2. The first-order valence-electron chi connectivity index (χ1n) is 9.94. The molecule has 2 rings (SSSR count). The van der Waals surface area contributed by atoms with E-state index in [2.05, 4.69) is 18.7 Å². The smallest absolute Gasteiger partial charge is 0.119 e. The molecule has 142 valence electrons. The maximum absolute atomic E-state index is 11.3. The molecule has 1 saturated heterocycles. The van der Waals surface area contributed by atoms with Crippen molar-refractivity contribution in [3.05, 3.63) is 29.8 Å². The predicted octanol–water partition coefficient (Wildman–Crippen LogP) is 3.97. The van der Waals surface area contributed by atoms with E-state index in [0.717, 1.165) is 76.5 Å². The summed E-state index contributed by atoms with van der Waals surface area (Å²) in [6, 6.07) is 8.06. The fraction of sp³-hybridized carbons (Fsp3) is 0.714. The van der Waals surface area contributed by atoms with E-state index in [0.29, 0.717) is 0 Å². The van der Waals surface area contributed by atoms with Crippen LogP contribution in [-0.2, 0) is 10.3 Å². The third kappa shape index (κ3) is 6.61. The van der Waals surface area contributed by atoms with Crippen molar-refractivity contribution in [2.45, 2.75) is 58.0 Å². The Kier molecular flexibility index (Phi) is 8.73. The van der Waals surface area contributed by atoms with E-state index in [-0.39, 0.29) is 0 Å². The van der Waals surface area contributed by atoms with Crippen LogP contribution in [-0.4, -0.2) is 49.5 Å². The van der Waals surface area contributed by atoms with Gasteiger partial charge in [0.15, 0.2) is 0 Å². The molecule has 1 aromatic rings. The van der Waals surface area contributed by atoms with Gasteiger partial charge in [-0.3, -0.25) is 4.90 Å². The van der Waals surface area contributed by atoms with Gasteiger partial charge in [-0.1, -0.05) is 45.2 Å². The summed E-state index contributed by atoms with van der Waals surface area (Å²) in [5.41, 5.74) is 0.247. The van der Waals surface area contributed by atoms with Crippen LogP contribution in [0.3, 0.4) is 0 Å². The van der Waals surface area contributed by atoms with Crippen molar-refractivity contribution in [1.82, 2.24) is 4.90 Å². The van der Waals surface area contributed by atoms with E-state index in [4.69, 9.17) is 9.47 Å². The number of hydrogen-bond acceptors (Lipinski definition) is 4. The molecule has 0 unspecified atom stereocenters. The molecule has 0 spiro atoms. The lowest BCUT2D eigenvalue weighted by Crippen LogP contribution is -2.40. The van der Waals surface area contributed by atoms with Gasteiger partial charge in [0.05, 0.1) is 25.4 Å². The predicted molar refractivity (Wildman–Crippen MR) is 102 cm³/mol. The van der Waals surface area contributed by atoms with Crippen molar-refractivity contribution in [2.75, 3.05) is 39.5 Å². The van der Waals surface area contributed by atoms with Gasteiger partial charge in [0.25, 0.3) is 0 Å². The van der Waals surface area contributed by atoms with Crippen LogP contribution in [0.1, 0.15) is 57.9 Å². The zero-order valence-electron chi connectivity index (χ0n) is 16.0. The van der Waals surface area contributed by atoms with Crippen molar-refractivity contribution < 1.29 is 14.6 Å². The van der Waals surface area contributed by atoms with E-state index < -0.39 is 5.60 Å². The molecule has 1 N–H and O–H groups in total. The number of nitrogens with zero attached hydrogens (tertiary/aromatic N) is 1. The van der Waals surface area contributed by atoms with Crippen molar-refractivity contribution in [1.29, 1.82) is 0 Å². The fourth-order valence-corrected chi connectivity index (χ4v) is 3.40. The molecule has 0 aliphatic carbocycles. The van der Waals surface area contributed by atoms with Crippen LogP contribution in [0.5, 0.6) is 5.75 Å². The molecule has 1 aliphatic rings. The van der Waals surface area contributed by atoms with Crippen molar-refractivity contribution in [2.24, 2.45) is 0 Å². The summed E-state index contributed by atoms with van der Waals surface area (Å²) in [7, 11) is 0. The van der Waals surface area contributed by atoms with Gasteiger partial charge in [-0.05, 0) is 37.0 Å². The summed E-state index contributed by atoms with van der Waals surface area (Å²) >= 11 is 0. The largest absolute Gasteiger partial charge is 0.494 e. The van der Waals surface area contributed by atoms with Crippen molar-refractivity contribution in [3.8, 4) is 5.75 Å². The number of rotatable bonds is 11. The summed E-state index contributed by atoms with van der Waals surface area (Å²) in [5.74, 6) is 0.895. The van der Waals surface area contributed by atoms with Crippen LogP contribution < -0.4 is 4.74 Å². The Hall–Kier alpha value is -1.10. The summed E-state index contributed by atoms with van der Waals surface area (Å²) in [6.45, 7) is 9.54. The van der Waals surface area contributed by atoms with Crippen LogP contribution >= 0.6 is 0 Å². The van der Waals surface area contributed by atoms with E-state index in [1.807, 2.05) is 24.3 Å². The highest BCUT2D eigenvalue weighted by molar-refractivity contribution is 5.31. The zero-order chi connectivity index (χ0) is 18.0. The fourth-order valence-electron chi connectivity index (χ4n) is 3.40. The van der Waals surface area contributed by atoms with Crippen LogP contribution in [0.4, 0.5) is 0 Å². The highest BCUT2D eigenvalue weighted by Crippen LogP contribution is 2.32. The van der Waals surface area contributed by atoms with Crippen LogP contribution in [0.2, 0.25) is 0 Å². The van der Waals surface area contributed by atoms with Gasteiger partial charge < -0.3 is 14.6 Å². The minimum Gasteiger partial charge on any atom is -0.494 e. The van der Waals surface area contributed by atoms with Gasteiger partial charge in [-0.25, -0.2) is 0 Å². The molecule has 0 aromatic heterocycles. The highest BCUT2D eigenvalue weighted by Gasteiger charge is 2.29. The lowest BCUT2D eigenvalue weighted by molar-refractivity contribution is -0.0103. The summed E-state index contributed by atoms with van der Waals surface area (Å²) in [5, 5.41) is 11.3. The molecule has 0 radical (unpaired) electrons. The molecule has 25 heavy (non-hydrogen) atoms. The Balaban J connectivity index is 1.92. The van der Waals surface area contributed by atoms with Gasteiger partial charge in [0.1, 0.15) is 5.75 Å². The highest BCUT2D eigenvalue weighted by atomic mass is 16.5. The average molecular weight is 350 g/mol. The first-order chi connectivity index (χ1) is 12.2. The normalized spacial score (nSPS) is 18.0. The molecule has 0 amide bonds. The first kappa shape index (κ1) is 20.2. The lowest BCUT2D eigenvalue weighted by Gasteiger charge is -2.33. The molecule has 0 saturated carbocycles. The van der Waals surface area contributed by atoms with Gasteiger partial charge >= 0.3 is 0 Å². The minimum atomic E-state index is -0.756. The standard InChI is InChI=1S/C21H35NO3/c1-3-5-6-16-25-20-9-7-19(8-10-20)21(23,11-4-2)12-13-22-14-17-24-18-15-22/h7-10,23H,3-6,11-18H2,1-2H3/t21-/m1/s1. The number of hydrogen-bond donors (Lipinski definition) is 1. The number of unbranched alkanes of at least 4 members (excludes halogenated alkanes) is 2. The summed E-state index contributed by atoms with van der Waals surface area (Å²) in [6.07, 6.45) is 6.02. The molecule has 1 fully saturated rings. The Morgan fingerprint density at radius 2 is 1.76 bits per heavy atom. The molecule has 1 aromatic carbocycles. The SMILES string of the molecule is CCCCCOc1ccc([C@@](O)(CCC)CCN2CCOCC2)cc1. The van der Waals surface area contributed by atoms with Crippen molar-refractivity contribution >= 4 is 0 Å². The minimum absolute atomic E-state index is 0.756. The third-order valence-corrected chi connectivity index (χ3v) is 5.02. The van der Waals surface area contributed by atoms with E-state index in [9.17, 15) is 5.11 Å². The number of aliphatic hydroxyl groups is 1. The number of benzene rings is 1. The Morgan fingerprint density at radius 1 is 1.04 bits per heavy atom. The molecule has 4 nitrogen and oxygen atoms in total. The Labute approximate surface area is 153 Å². The molecule has 1 aliphatic heterocycles. The van der Waals surface area contributed by atoms with Gasteiger partial charge in [0, 0.05) is 19.6 Å². The molecular weight excluding hydrogens is 314 g/mol. The summed E-state index contributed by atoms with van der Waals surface area (Å²) in [4.78, 5) is 2.38. The van der Waals surface area contributed by atoms with Gasteiger partial charge in [0.2, 0.25) is 0 Å². The second kappa shape index (κ2) is 10.8. The second-order valence-corrected chi connectivity index (χ2v) is 7.07. The van der Waals surface area contributed by atoms with E-state index >= 15 is 0 Å².